The Bertz CT molecular complexity index is 788. The molecule has 2 aromatic carbocycles. The lowest BCUT2D eigenvalue weighted by Crippen LogP contribution is -2.40. The molecule has 0 radical (unpaired) electrons. The van der Waals surface area contributed by atoms with Crippen LogP contribution in [-0.4, -0.2) is 30.4 Å². The van der Waals surface area contributed by atoms with Crippen LogP contribution in [0.2, 0.25) is 0 Å². The van der Waals surface area contributed by atoms with Crippen molar-refractivity contribution in [3.05, 3.63) is 65.0 Å². The first-order valence-electron chi connectivity index (χ1n) is 9.19. The fourth-order valence-corrected chi connectivity index (χ4v) is 2.85. The zero-order chi connectivity index (χ0) is 19.8. The molecule has 2 rings (SSSR count). The average molecular weight is 370 g/mol. The SMILES string of the molecule is Cc1cc(C#N)ccc1CC(C)C(C)NC[C@H](O)COc1ccccc1F. The van der Waals surface area contributed by atoms with Crippen molar-refractivity contribution < 1.29 is 14.2 Å². The van der Waals surface area contributed by atoms with Crippen molar-refractivity contribution in [3.8, 4) is 11.8 Å². The molecule has 2 aromatic rings. The number of aliphatic hydroxyl groups is 1. The molecule has 27 heavy (non-hydrogen) atoms. The van der Waals surface area contributed by atoms with Gasteiger partial charge in [-0.2, -0.15) is 5.26 Å². The number of nitrogens with zero attached hydrogens (tertiary/aromatic N) is 1. The van der Waals surface area contributed by atoms with Crippen LogP contribution in [0.1, 0.15) is 30.5 Å². The monoisotopic (exact) mass is 370 g/mol. The molecule has 0 spiro atoms. The second-order valence-electron chi connectivity index (χ2n) is 7.03. The third kappa shape index (κ3) is 6.35. The first kappa shape index (κ1) is 20.9. The minimum atomic E-state index is -0.726. The van der Waals surface area contributed by atoms with Gasteiger partial charge in [-0.05, 0) is 61.6 Å². The Labute approximate surface area is 160 Å². The summed E-state index contributed by atoms with van der Waals surface area (Å²) in [6, 6.07) is 14.3. The molecule has 0 bridgehead atoms. The van der Waals surface area contributed by atoms with Gasteiger partial charge in [0.15, 0.2) is 11.6 Å². The topological polar surface area (TPSA) is 65.3 Å². The minimum absolute atomic E-state index is 0.0315. The summed E-state index contributed by atoms with van der Waals surface area (Å²) < 4.78 is 18.8. The van der Waals surface area contributed by atoms with Crippen LogP contribution in [-0.2, 0) is 6.42 Å². The van der Waals surface area contributed by atoms with Gasteiger partial charge < -0.3 is 15.2 Å². The second-order valence-corrected chi connectivity index (χ2v) is 7.03. The lowest BCUT2D eigenvalue weighted by Gasteiger charge is -2.24. The van der Waals surface area contributed by atoms with Gasteiger partial charge in [-0.3, -0.25) is 0 Å². The molecule has 144 valence electrons. The standard InChI is InChI=1S/C22H27FN2O2/c1-15(11-19-9-8-18(12-24)10-16(19)2)17(3)25-13-20(26)14-27-22-7-5-4-6-21(22)23/h4-10,15,17,20,25-26H,11,13-14H2,1-3H3/t15?,17?,20-/m0/s1. The van der Waals surface area contributed by atoms with E-state index in [-0.39, 0.29) is 18.4 Å². The zero-order valence-corrected chi connectivity index (χ0v) is 16.1. The lowest BCUT2D eigenvalue weighted by atomic mass is 9.92. The van der Waals surface area contributed by atoms with Crippen LogP contribution < -0.4 is 10.1 Å². The molecule has 0 aliphatic carbocycles. The van der Waals surface area contributed by atoms with Crippen LogP contribution in [0, 0.1) is 30.0 Å². The van der Waals surface area contributed by atoms with Crippen LogP contribution >= 0.6 is 0 Å². The Morgan fingerprint density at radius 2 is 1.96 bits per heavy atom. The fraction of sp³-hybridized carbons (Fsp3) is 0.409. The molecule has 0 aliphatic heterocycles. The maximum Gasteiger partial charge on any atom is 0.165 e. The van der Waals surface area contributed by atoms with Crippen molar-refractivity contribution in [3.63, 3.8) is 0 Å². The van der Waals surface area contributed by atoms with E-state index in [0.717, 1.165) is 12.0 Å². The van der Waals surface area contributed by atoms with Gasteiger partial charge in [0.2, 0.25) is 0 Å². The molecular weight excluding hydrogens is 343 g/mol. The van der Waals surface area contributed by atoms with Crippen LogP contribution in [0.3, 0.4) is 0 Å². The van der Waals surface area contributed by atoms with Crippen LogP contribution in [0.5, 0.6) is 5.75 Å². The number of aliphatic hydroxyl groups excluding tert-OH is 1. The largest absolute Gasteiger partial charge is 0.488 e. The van der Waals surface area contributed by atoms with Crippen molar-refractivity contribution >= 4 is 0 Å². The Hall–Kier alpha value is -2.42. The third-order valence-electron chi connectivity index (χ3n) is 4.81. The summed E-state index contributed by atoms with van der Waals surface area (Å²) in [5, 5.41) is 22.4. The summed E-state index contributed by atoms with van der Waals surface area (Å²) in [6.45, 7) is 6.65. The number of para-hydroxylation sites is 1. The van der Waals surface area contributed by atoms with Gasteiger partial charge in [-0.25, -0.2) is 4.39 Å². The van der Waals surface area contributed by atoms with Crippen molar-refractivity contribution in [2.24, 2.45) is 5.92 Å². The number of rotatable bonds is 9. The van der Waals surface area contributed by atoms with E-state index in [0.29, 0.717) is 18.0 Å². The van der Waals surface area contributed by atoms with Crippen LogP contribution in [0.15, 0.2) is 42.5 Å². The quantitative estimate of drug-likeness (QED) is 0.708. The van der Waals surface area contributed by atoms with Crippen LogP contribution in [0.25, 0.3) is 0 Å². The first-order valence-corrected chi connectivity index (χ1v) is 9.19. The molecule has 5 heteroatoms. The summed E-state index contributed by atoms with van der Waals surface area (Å²) in [7, 11) is 0. The molecule has 0 aliphatic rings. The molecule has 0 saturated carbocycles. The molecule has 2 unspecified atom stereocenters. The molecule has 0 saturated heterocycles. The van der Waals surface area contributed by atoms with Crippen molar-refractivity contribution in [1.29, 1.82) is 5.26 Å². The number of benzene rings is 2. The Morgan fingerprint density at radius 1 is 1.22 bits per heavy atom. The summed E-state index contributed by atoms with van der Waals surface area (Å²) >= 11 is 0. The van der Waals surface area contributed by atoms with Crippen molar-refractivity contribution in [2.45, 2.75) is 39.3 Å². The Morgan fingerprint density at radius 3 is 2.63 bits per heavy atom. The molecule has 0 amide bonds. The fourth-order valence-electron chi connectivity index (χ4n) is 2.85. The second kappa shape index (κ2) is 10.1. The van der Waals surface area contributed by atoms with E-state index in [1.54, 1.807) is 18.2 Å². The number of nitriles is 1. The molecule has 0 fully saturated rings. The van der Waals surface area contributed by atoms with Gasteiger partial charge >= 0.3 is 0 Å². The highest BCUT2D eigenvalue weighted by Crippen LogP contribution is 2.18. The maximum absolute atomic E-state index is 13.5. The van der Waals surface area contributed by atoms with E-state index in [1.165, 1.54) is 11.6 Å². The van der Waals surface area contributed by atoms with E-state index < -0.39 is 11.9 Å². The highest BCUT2D eigenvalue weighted by molar-refractivity contribution is 5.37. The van der Waals surface area contributed by atoms with E-state index in [4.69, 9.17) is 10.00 Å². The zero-order valence-electron chi connectivity index (χ0n) is 16.1. The highest BCUT2D eigenvalue weighted by atomic mass is 19.1. The molecule has 0 aromatic heterocycles. The summed E-state index contributed by atoms with van der Waals surface area (Å²) in [4.78, 5) is 0. The number of hydrogen-bond donors (Lipinski definition) is 2. The number of hydrogen-bond acceptors (Lipinski definition) is 4. The van der Waals surface area contributed by atoms with E-state index in [1.807, 2.05) is 25.1 Å². The Kier molecular flexibility index (Phi) is 7.78. The molecular formula is C22H27FN2O2. The van der Waals surface area contributed by atoms with Crippen LogP contribution in [0.4, 0.5) is 4.39 Å². The predicted molar refractivity (Wildman–Crippen MR) is 104 cm³/mol. The summed E-state index contributed by atoms with van der Waals surface area (Å²) in [6.07, 6.45) is 0.156. The normalized spacial score (nSPS) is 14.2. The van der Waals surface area contributed by atoms with Crippen molar-refractivity contribution in [1.82, 2.24) is 5.32 Å². The lowest BCUT2D eigenvalue weighted by molar-refractivity contribution is 0.0998. The average Bonchev–Trinajstić information content (AvgIpc) is 2.66. The number of ether oxygens (including phenoxy) is 1. The van der Waals surface area contributed by atoms with Gasteiger partial charge in [0.1, 0.15) is 12.7 Å². The summed E-state index contributed by atoms with van der Waals surface area (Å²) in [5.41, 5.74) is 3.01. The number of halogens is 1. The summed E-state index contributed by atoms with van der Waals surface area (Å²) in [5.74, 6) is 0.0583. The first-order chi connectivity index (χ1) is 12.9. The van der Waals surface area contributed by atoms with Gasteiger partial charge in [-0.1, -0.05) is 25.1 Å². The molecule has 2 N–H and O–H groups in total. The smallest absolute Gasteiger partial charge is 0.165 e. The van der Waals surface area contributed by atoms with E-state index in [2.05, 4.69) is 25.2 Å². The molecule has 4 nitrogen and oxygen atoms in total. The Balaban J connectivity index is 1.78. The minimum Gasteiger partial charge on any atom is -0.488 e. The van der Waals surface area contributed by atoms with E-state index >= 15 is 0 Å². The van der Waals surface area contributed by atoms with E-state index in [9.17, 15) is 9.50 Å². The number of aryl methyl sites for hydroxylation is 1. The van der Waals surface area contributed by atoms with Gasteiger partial charge in [0.25, 0.3) is 0 Å². The van der Waals surface area contributed by atoms with Gasteiger partial charge in [0, 0.05) is 12.6 Å². The van der Waals surface area contributed by atoms with Gasteiger partial charge in [-0.15, -0.1) is 0 Å². The molecule has 3 atom stereocenters. The van der Waals surface area contributed by atoms with Gasteiger partial charge in [0.05, 0.1) is 11.6 Å². The third-order valence-corrected chi connectivity index (χ3v) is 4.81. The maximum atomic E-state index is 13.5. The van der Waals surface area contributed by atoms with Crippen molar-refractivity contribution in [2.75, 3.05) is 13.2 Å². The predicted octanol–water partition coefficient (Wildman–Crippen LogP) is 3.60. The number of nitrogens with one attached hydrogen (secondary N) is 1. The molecule has 0 heterocycles. The highest BCUT2D eigenvalue weighted by Gasteiger charge is 2.16.